The maximum absolute atomic E-state index is 14.9. The minimum Gasteiger partial charge on any atom is -0.491 e. The highest BCUT2D eigenvalue weighted by Gasteiger charge is 2.23. The zero-order valence-corrected chi connectivity index (χ0v) is 19.9. The molecule has 2 amide bonds. The van der Waals surface area contributed by atoms with Gasteiger partial charge < -0.3 is 35.5 Å². The van der Waals surface area contributed by atoms with Crippen LogP contribution in [-0.4, -0.2) is 51.9 Å². The largest absolute Gasteiger partial charge is 0.491 e. The third-order valence-electron chi connectivity index (χ3n) is 5.39. The van der Waals surface area contributed by atoms with Gasteiger partial charge in [0.2, 0.25) is 0 Å². The van der Waals surface area contributed by atoms with E-state index in [9.17, 15) is 9.18 Å². The fourth-order valence-corrected chi connectivity index (χ4v) is 3.24. The van der Waals surface area contributed by atoms with E-state index in [0.29, 0.717) is 48.9 Å². The highest BCUT2D eigenvalue weighted by atomic mass is 19.1. The average Bonchev–Trinajstić information content (AvgIpc) is 2.80. The van der Waals surface area contributed by atoms with E-state index in [-0.39, 0.29) is 11.6 Å². The molecule has 0 saturated carbocycles. The predicted octanol–water partition coefficient (Wildman–Crippen LogP) is 4.35. The highest BCUT2D eigenvalue weighted by molar-refractivity contribution is 5.89. The fourth-order valence-electron chi connectivity index (χ4n) is 3.24. The normalized spacial score (nSPS) is 14.7. The minimum absolute atomic E-state index is 0.296. The van der Waals surface area contributed by atoms with Crippen molar-refractivity contribution >= 4 is 29.4 Å². The lowest BCUT2D eigenvalue weighted by Gasteiger charge is -2.24. The Balaban J connectivity index is 1.58. The Bertz CT molecular complexity index is 998. The van der Waals surface area contributed by atoms with Crippen molar-refractivity contribution in [1.29, 1.82) is 0 Å². The molecule has 9 nitrogen and oxygen atoms in total. The number of methoxy groups -OCH3 is 2. The first-order chi connectivity index (χ1) is 16.3. The van der Waals surface area contributed by atoms with E-state index in [0.717, 1.165) is 5.69 Å². The second-order valence-electron chi connectivity index (χ2n) is 8.35. The number of nitrogens with zero attached hydrogens (tertiary/aromatic N) is 1. The molecular weight excluding hydrogens is 441 g/mol. The quantitative estimate of drug-likeness (QED) is 0.362. The van der Waals surface area contributed by atoms with Crippen LogP contribution in [-0.2, 0) is 9.47 Å². The molecular formula is C24H32FN5O4. The lowest BCUT2D eigenvalue weighted by molar-refractivity contribution is 0.0165. The van der Waals surface area contributed by atoms with E-state index < -0.39 is 12.0 Å². The predicted molar refractivity (Wildman–Crippen MR) is 131 cm³/mol. The third-order valence-corrected chi connectivity index (χ3v) is 5.39. The lowest BCUT2D eigenvalue weighted by atomic mass is 10.1. The maximum Gasteiger partial charge on any atom is 0.319 e. The summed E-state index contributed by atoms with van der Waals surface area (Å²) in [4.78, 5) is 16.4. The van der Waals surface area contributed by atoms with Crippen molar-refractivity contribution in [1.82, 2.24) is 5.32 Å². The molecule has 1 heterocycles. The molecule has 1 aliphatic heterocycles. The SMILES string of the molecule is COCCOc1cc(F)c2c(c1)NC=NC2Nc1ccc(NC(=O)NCCC(C)(C)OC)cc1. The zero-order valence-electron chi connectivity index (χ0n) is 19.9. The van der Waals surface area contributed by atoms with Crippen molar-refractivity contribution in [2.24, 2.45) is 4.99 Å². The van der Waals surface area contributed by atoms with Gasteiger partial charge in [-0.05, 0) is 44.5 Å². The van der Waals surface area contributed by atoms with Gasteiger partial charge in [-0.2, -0.15) is 0 Å². The van der Waals surface area contributed by atoms with Gasteiger partial charge in [0.1, 0.15) is 18.2 Å². The van der Waals surface area contributed by atoms with Gasteiger partial charge in [0, 0.05) is 44.3 Å². The zero-order chi connectivity index (χ0) is 24.6. The van der Waals surface area contributed by atoms with Gasteiger partial charge in [-0.1, -0.05) is 0 Å². The summed E-state index contributed by atoms with van der Waals surface area (Å²) in [6, 6.07) is 9.88. The number of nitrogens with one attached hydrogen (secondary N) is 4. The van der Waals surface area contributed by atoms with Crippen molar-refractivity contribution in [2.75, 3.05) is 49.9 Å². The van der Waals surface area contributed by atoms with Crippen molar-refractivity contribution < 1.29 is 23.4 Å². The second kappa shape index (κ2) is 11.7. The number of carbonyl (C=O) groups excluding carboxylic acids is 1. The lowest BCUT2D eigenvalue weighted by Crippen LogP contribution is -2.34. The monoisotopic (exact) mass is 473 g/mol. The summed E-state index contributed by atoms with van der Waals surface area (Å²) in [6.07, 6.45) is 1.59. The smallest absolute Gasteiger partial charge is 0.319 e. The summed E-state index contributed by atoms with van der Waals surface area (Å²) in [5, 5.41) is 11.8. The molecule has 2 aromatic rings. The second-order valence-corrected chi connectivity index (χ2v) is 8.35. The fraction of sp³-hybridized carbons (Fsp3) is 0.417. The summed E-state index contributed by atoms with van der Waals surface area (Å²) in [5.41, 5.74) is 2.03. The van der Waals surface area contributed by atoms with Gasteiger partial charge in [-0.15, -0.1) is 0 Å². The number of hydrogen-bond donors (Lipinski definition) is 4. The van der Waals surface area contributed by atoms with E-state index in [4.69, 9.17) is 14.2 Å². The van der Waals surface area contributed by atoms with E-state index in [1.54, 1.807) is 44.6 Å². The minimum atomic E-state index is -0.615. The van der Waals surface area contributed by atoms with E-state index in [2.05, 4.69) is 26.3 Å². The van der Waals surface area contributed by atoms with Gasteiger partial charge in [-0.25, -0.2) is 14.2 Å². The first-order valence-corrected chi connectivity index (χ1v) is 11.0. The molecule has 0 bridgehead atoms. The number of benzene rings is 2. The molecule has 4 N–H and O–H groups in total. The summed E-state index contributed by atoms with van der Waals surface area (Å²) in [6.45, 7) is 5.16. The van der Waals surface area contributed by atoms with Crippen molar-refractivity contribution in [2.45, 2.75) is 32.0 Å². The van der Waals surface area contributed by atoms with Crippen molar-refractivity contribution in [3.8, 4) is 5.75 Å². The van der Waals surface area contributed by atoms with Crippen LogP contribution in [0.25, 0.3) is 0 Å². The van der Waals surface area contributed by atoms with Crippen LogP contribution >= 0.6 is 0 Å². The standard InChI is InChI=1S/C24H32FN5O4/c1-24(2,33-4)9-10-26-23(31)30-17-7-5-16(6-8-17)29-22-21-19(25)13-18(34-12-11-32-3)14-20(21)27-15-28-22/h5-8,13-15,22,29H,9-12H2,1-4H3,(H,27,28)(H2,26,30,31). The molecule has 0 saturated heterocycles. The Morgan fingerprint density at radius 3 is 2.59 bits per heavy atom. The van der Waals surface area contributed by atoms with E-state index in [1.165, 1.54) is 12.4 Å². The molecule has 2 aromatic carbocycles. The van der Waals surface area contributed by atoms with Gasteiger partial charge in [0.25, 0.3) is 0 Å². The molecule has 3 rings (SSSR count). The van der Waals surface area contributed by atoms with E-state index >= 15 is 0 Å². The Labute approximate surface area is 199 Å². The number of fused-ring (bicyclic) bond motifs is 1. The summed E-state index contributed by atoms with van der Waals surface area (Å²) < 4.78 is 30.7. The van der Waals surface area contributed by atoms with Crippen molar-refractivity contribution in [3.63, 3.8) is 0 Å². The molecule has 0 radical (unpaired) electrons. The highest BCUT2D eigenvalue weighted by Crippen LogP contribution is 2.35. The van der Waals surface area contributed by atoms with Gasteiger partial charge >= 0.3 is 6.03 Å². The molecule has 10 heteroatoms. The summed E-state index contributed by atoms with van der Waals surface area (Å²) >= 11 is 0. The summed E-state index contributed by atoms with van der Waals surface area (Å²) in [5.74, 6) is -0.0206. The number of aliphatic imine (C=N–C) groups is 1. The molecule has 0 spiro atoms. The Hall–Kier alpha value is -3.37. The van der Waals surface area contributed by atoms with Crippen LogP contribution in [0.15, 0.2) is 41.4 Å². The molecule has 34 heavy (non-hydrogen) atoms. The van der Waals surface area contributed by atoms with Gasteiger partial charge in [-0.3, -0.25) is 0 Å². The Morgan fingerprint density at radius 2 is 1.88 bits per heavy atom. The maximum atomic E-state index is 14.9. The van der Waals surface area contributed by atoms with Crippen LogP contribution in [0.3, 0.4) is 0 Å². The third kappa shape index (κ3) is 7.06. The number of anilines is 3. The molecule has 1 unspecified atom stereocenters. The molecule has 184 valence electrons. The number of carbonyl (C=O) groups is 1. The van der Waals surface area contributed by atoms with Crippen LogP contribution in [0, 0.1) is 5.82 Å². The first-order valence-electron chi connectivity index (χ1n) is 11.0. The number of rotatable bonds is 11. The first kappa shape index (κ1) is 25.3. The van der Waals surface area contributed by atoms with Crippen LogP contribution in [0.4, 0.5) is 26.2 Å². The van der Waals surface area contributed by atoms with E-state index in [1.807, 2.05) is 13.8 Å². The topological polar surface area (TPSA) is 105 Å². The van der Waals surface area contributed by atoms with Gasteiger partial charge in [0.05, 0.1) is 29.8 Å². The summed E-state index contributed by atoms with van der Waals surface area (Å²) in [7, 11) is 3.22. The molecule has 1 aliphatic rings. The van der Waals surface area contributed by atoms with Crippen LogP contribution in [0.1, 0.15) is 32.0 Å². The van der Waals surface area contributed by atoms with Crippen LogP contribution < -0.4 is 26.0 Å². The Kier molecular flexibility index (Phi) is 8.67. The number of hydrogen-bond acceptors (Lipinski definition) is 7. The molecule has 0 aliphatic carbocycles. The Morgan fingerprint density at radius 1 is 1.15 bits per heavy atom. The van der Waals surface area contributed by atoms with Crippen molar-refractivity contribution in [3.05, 3.63) is 47.8 Å². The molecule has 1 atom stereocenters. The number of urea groups is 1. The van der Waals surface area contributed by atoms with Crippen LogP contribution in [0.2, 0.25) is 0 Å². The number of halogens is 1. The molecule has 0 fully saturated rings. The number of ether oxygens (including phenoxy) is 3. The van der Waals surface area contributed by atoms with Crippen LogP contribution in [0.5, 0.6) is 5.75 Å². The average molecular weight is 474 g/mol. The van der Waals surface area contributed by atoms with Gasteiger partial charge in [0.15, 0.2) is 6.17 Å². The molecule has 0 aromatic heterocycles. The number of amides is 2.